The third-order valence-corrected chi connectivity index (χ3v) is 2.46. The van der Waals surface area contributed by atoms with E-state index in [0.717, 1.165) is 12.2 Å². The molecule has 0 aromatic heterocycles. The lowest BCUT2D eigenvalue weighted by Gasteiger charge is -2.21. The number of hydrogen-bond donors (Lipinski definition) is 0. The molecule has 15 heavy (non-hydrogen) atoms. The molecular weight excluding hydrogens is 190 g/mol. The van der Waals surface area contributed by atoms with Crippen LogP contribution in [0, 0.1) is 0 Å². The summed E-state index contributed by atoms with van der Waals surface area (Å²) >= 11 is 0. The molecule has 0 saturated carbocycles. The maximum atomic E-state index is 11.6. The summed E-state index contributed by atoms with van der Waals surface area (Å²) in [4.78, 5) is 13.6. The molecule has 0 aliphatic rings. The van der Waals surface area contributed by atoms with Crippen molar-refractivity contribution in [3.8, 4) is 5.75 Å². The number of hydrogen-bond acceptors (Lipinski definition) is 3. The third kappa shape index (κ3) is 2.29. The standard InChI is InChI=1S/C12H17NO2/c1-5-13(3)10-7-6-8-11(15-4)12(10)9(2)14/h6-8H,5H2,1-4H3. The van der Waals surface area contributed by atoms with E-state index in [1.54, 1.807) is 14.0 Å². The highest BCUT2D eigenvalue weighted by Gasteiger charge is 2.15. The molecule has 0 unspecified atom stereocenters. The molecule has 1 rings (SSSR count). The first kappa shape index (κ1) is 11.6. The molecule has 0 atom stereocenters. The average Bonchev–Trinajstić information content (AvgIpc) is 2.26. The van der Waals surface area contributed by atoms with E-state index < -0.39 is 0 Å². The summed E-state index contributed by atoms with van der Waals surface area (Å²) in [6.45, 7) is 4.46. The van der Waals surface area contributed by atoms with Gasteiger partial charge in [0.2, 0.25) is 0 Å². The first-order valence-corrected chi connectivity index (χ1v) is 5.00. The first-order chi connectivity index (χ1) is 7.11. The summed E-state index contributed by atoms with van der Waals surface area (Å²) in [5.41, 5.74) is 1.58. The highest BCUT2D eigenvalue weighted by atomic mass is 16.5. The monoisotopic (exact) mass is 207 g/mol. The maximum Gasteiger partial charge on any atom is 0.165 e. The highest BCUT2D eigenvalue weighted by Crippen LogP contribution is 2.28. The van der Waals surface area contributed by atoms with Crippen LogP contribution in [0.5, 0.6) is 5.75 Å². The molecule has 0 radical (unpaired) electrons. The zero-order valence-electron chi connectivity index (χ0n) is 9.70. The minimum atomic E-state index is 0.0303. The molecule has 0 fully saturated rings. The van der Waals surface area contributed by atoms with Crippen molar-refractivity contribution in [3.63, 3.8) is 0 Å². The minimum Gasteiger partial charge on any atom is -0.496 e. The molecule has 0 amide bonds. The van der Waals surface area contributed by atoms with E-state index in [1.807, 2.05) is 37.1 Å². The minimum absolute atomic E-state index is 0.0303. The Hall–Kier alpha value is -1.51. The average molecular weight is 207 g/mol. The van der Waals surface area contributed by atoms with Gasteiger partial charge in [-0.3, -0.25) is 4.79 Å². The van der Waals surface area contributed by atoms with Crippen LogP contribution in [0.25, 0.3) is 0 Å². The van der Waals surface area contributed by atoms with Crippen LogP contribution in [-0.2, 0) is 0 Å². The fourth-order valence-corrected chi connectivity index (χ4v) is 1.53. The number of nitrogens with zero attached hydrogens (tertiary/aromatic N) is 1. The molecule has 0 spiro atoms. The van der Waals surface area contributed by atoms with Crippen molar-refractivity contribution in [2.75, 3.05) is 25.6 Å². The van der Waals surface area contributed by atoms with Gasteiger partial charge in [-0.25, -0.2) is 0 Å². The van der Waals surface area contributed by atoms with Crippen molar-refractivity contribution in [1.29, 1.82) is 0 Å². The molecule has 1 aromatic carbocycles. The topological polar surface area (TPSA) is 29.5 Å². The SMILES string of the molecule is CCN(C)c1cccc(OC)c1C(C)=O. The molecule has 0 bridgehead atoms. The van der Waals surface area contributed by atoms with Crippen LogP contribution in [0.3, 0.4) is 0 Å². The second kappa shape index (κ2) is 4.82. The van der Waals surface area contributed by atoms with Gasteiger partial charge in [0.15, 0.2) is 5.78 Å². The summed E-state index contributed by atoms with van der Waals surface area (Å²) in [6, 6.07) is 5.64. The van der Waals surface area contributed by atoms with Gasteiger partial charge in [0, 0.05) is 13.6 Å². The van der Waals surface area contributed by atoms with E-state index in [2.05, 4.69) is 0 Å². The molecular formula is C12H17NO2. The molecule has 0 heterocycles. The number of benzene rings is 1. The number of ketones is 1. The molecule has 0 N–H and O–H groups in total. The van der Waals surface area contributed by atoms with E-state index in [4.69, 9.17) is 4.74 Å². The Kier molecular flexibility index (Phi) is 3.72. The van der Waals surface area contributed by atoms with Crippen molar-refractivity contribution in [3.05, 3.63) is 23.8 Å². The fraction of sp³-hybridized carbons (Fsp3) is 0.417. The number of methoxy groups -OCH3 is 1. The third-order valence-electron chi connectivity index (χ3n) is 2.46. The lowest BCUT2D eigenvalue weighted by atomic mass is 10.1. The number of carbonyl (C=O) groups excluding carboxylic acids is 1. The van der Waals surface area contributed by atoms with Gasteiger partial charge < -0.3 is 9.64 Å². The molecule has 0 aliphatic carbocycles. The fourth-order valence-electron chi connectivity index (χ4n) is 1.53. The summed E-state index contributed by atoms with van der Waals surface area (Å²) < 4.78 is 5.19. The second-order valence-corrected chi connectivity index (χ2v) is 3.42. The summed E-state index contributed by atoms with van der Waals surface area (Å²) in [6.07, 6.45) is 0. The maximum absolute atomic E-state index is 11.6. The summed E-state index contributed by atoms with van der Waals surface area (Å²) in [5.74, 6) is 0.669. The first-order valence-electron chi connectivity index (χ1n) is 5.00. The van der Waals surface area contributed by atoms with Crippen LogP contribution < -0.4 is 9.64 Å². The van der Waals surface area contributed by atoms with Crippen LogP contribution in [0.2, 0.25) is 0 Å². The molecule has 82 valence electrons. The largest absolute Gasteiger partial charge is 0.496 e. The van der Waals surface area contributed by atoms with Crippen LogP contribution in [0.4, 0.5) is 5.69 Å². The van der Waals surface area contributed by atoms with Gasteiger partial charge in [-0.05, 0) is 26.0 Å². The Morgan fingerprint density at radius 1 is 1.47 bits per heavy atom. The van der Waals surface area contributed by atoms with Gasteiger partial charge in [-0.2, -0.15) is 0 Å². The number of Topliss-reactive ketones (excluding diaryl/α,β-unsaturated/α-hetero) is 1. The van der Waals surface area contributed by atoms with E-state index >= 15 is 0 Å². The van der Waals surface area contributed by atoms with Crippen LogP contribution in [-0.4, -0.2) is 26.5 Å². The second-order valence-electron chi connectivity index (χ2n) is 3.42. The van der Waals surface area contributed by atoms with Crippen LogP contribution in [0.15, 0.2) is 18.2 Å². The Balaban J connectivity index is 3.31. The molecule has 3 nitrogen and oxygen atoms in total. The van der Waals surface area contributed by atoms with Gasteiger partial charge in [0.25, 0.3) is 0 Å². The smallest absolute Gasteiger partial charge is 0.165 e. The van der Waals surface area contributed by atoms with Gasteiger partial charge in [-0.1, -0.05) is 6.07 Å². The van der Waals surface area contributed by atoms with Crippen molar-refractivity contribution in [2.24, 2.45) is 0 Å². The van der Waals surface area contributed by atoms with Gasteiger partial charge in [-0.15, -0.1) is 0 Å². The molecule has 3 heteroatoms. The quantitative estimate of drug-likeness (QED) is 0.710. The lowest BCUT2D eigenvalue weighted by molar-refractivity contribution is 0.101. The summed E-state index contributed by atoms with van der Waals surface area (Å²) in [7, 11) is 3.54. The van der Waals surface area contributed by atoms with Crippen LogP contribution >= 0.6 is 0 Å². The normalized spacial score (nSPS) is 9.87. The Morgan fingerprint density at radius 2 is 2.13 bits per heavy atom. The van der Waals surface area contributed by atoms with Crippen LogP contribution in [0.1, 0.15) is 24.2 Å². The summed E-state index contributed by atoms with van der Waals surface area (Å²) in [5, 5.41) is 0. The highest BCUT2D eigenvalue weighted by molar-refractivity contribution is 6.02. The van der Waals surface area contributed by atoms with E-state index in [0.29, 0.717) is 11.3 Å². The Labute approximate surface area is 90.7 Å². The molecule has 0 aliphatic heterocycles. The van der Waals surface area contributed by atoms with E-state index in [1.165, 1.54) is 0 Å². The predicted molar refractivity (Wildman–Crippen MR) is 61.9 cm³/mol. The number of rotatable bonds is 4. The number of ether oxygens (including phenoxy) is 1. The van der Waals surface area contributed by atoms with Gasteiger partial charge in [0.1, 0.15) is 5.75 Å². The lowest BCUT2D eigenvalue weighted by Crippen LogP contribution is -2.19. The van der Waals surface area contributed by atoms with E-state index in [-0.39, 0.29) is 5.78 Å². The van der Waals surface area contributed by atoms with Crippen molar-refractivity contribution in [1.82, 2.24) is 0 Å². The van der Waals surface area contributed by atoms with E-state index in [9.17, 15) is 4.79 Å². The van der Waals surface area contributed by atoms with Crippen molar-refractivity contribution < 1.29 is 9.53 Å². The van der Waals surface area contributed by atoms with Crippen molar-refractivity contribution in [2.45, 2.75) is 13.8 Å². The Morgan fingerprint density at radius 3 is 2.60 bits per heavy atom. The zero-order valence-corrected chi connectivity index (χ0v) is 9.70. The van der Waals surface area contributed by atoms with Gasteiger partial charge in [0.05, 0.1) is 18.4 Å². The Bertz CT molecular complexity index is 361. The number of carbonyl (C=O) groups is 1. The molecule has 1 aromatic rings. The predicted octanol–water partition coefficient (Wildman–Crippen LogP) is 2.35. The van der Waals surface area contributed by atoms with Crippen molar-refractivity contribution >= 4 is 11.5 Å². The zero-order chi connectivity index (χ0) is 11.4. The van der Waals surface area contributed by atoms with Gasteiger partial charge >= 0.3 is 0 Å². The molecule has 0 saturated heterocycles. The number of anilines is 1.